The molecule has 0 amide bonds. The Bertz CT molecular complexity index is 765. The predicted octanol–water partition coefficient (Wildman–Crippen LogP) is 2.09. The summed E-state index contributed by atoms with van der Waals surface area (Å²) in [4.78, 5) is 4.06. The Kier molecular flexibility index (Phi) is 3.72. The Morgan fingerprint density at radius 2 is 1.85 bits per heavy atom. The van der Waals surface area contributed by atoms with Crippen molar-refractivity contribution in [2.75, 3.05) is 11.4 Å². The van der Waals surface area contributed by atoms with Gasteiger partial charge < -0.3 is 0 Å². The number of nitriles is 1. The van der Waals surface area contributed by atoms with Gasteiger partial charge in [0, 0.05) is 19.4 Å². The van der Waals surface area contributed by atoms with Crippen LogP contribution in [0.4, 0.5) is 5.69 Å². The molecule has 0 N–H and O–H groups in total. The number of benzene rings is 1. The molecule has 2 rings (SSSR count). The Hall–Kier alpha value is -2.39. The number of pyridine rings is 1. The summed E-state index contributed by atoms with van der Waals surface area (Å²) < 4.78 is 26.3. The second-order valence-corrected chi connectivity index (χ2v) is 6.21. The first-order valence-corrected chi connectivity index (χ1v) is 7.30. The van der Waals surface area contributed by atoms with Gasteiger partial charge in [-0.05, 0) is 42.8 Å². The van der Waals surface area contributed by atoms with Gasteiger partial charge in [0.15, 0.2) is 0 Å². The van der Waals surface area contributed by atoms with Crippen molar-refractivity contribution in [1.82, 2.24) is 4.98 Å². The summed E-state index contributed by atoms with van der Waals surface area (Å²) >= 11 is 0. The van der Waals surface area contributed by atoms with E-state index in [1.54, 1.807) is 25.1 Å². The quantitative estimate of drug-likeness (QED) is 0.866. The Morgan fingerprint density at radius 1 is 1.20 bits per heavy atom. The molecule has 0 aliphatic heterocycles. The van der Waals surface area contributed by atoms with Gasteiger partial charge in [-0.25, -0.2) is 8.42 Å². The molecule has 0 saturated heterocycles. The van der Waals surface area contributed by atoms with Crippen LogP contribution < -0.4 is 4.31 Å². The smallest absolute Gasteiger partial charge is 0.264 e. The number of hydrogen-bond donors (Lipinski definition) is 0. The van der Waals surface area contributed by atoms with Gasteiger partial charge in [0.25, 0.3) is 10.0 Å². The van der Waals surface area contributed by atoms with Gasteiger partial charge in [-0.15, -0.1) is 0 Å². The lowest BCUT2D eigenvalue weighted by Gasteiger charge is -2.20. The molecule has 2 aromatic rings. The maximum absolute atomic E-state index is 12.6. The normalized spacial score (nSPS) is 10.8. The number of aryl methyl sites for hydroxylation is 1. The number of aromatic nitrogens is 1. The van der Waals surface area contributed by atoms with Crippen LogP contribution in [-0.2, 0) is 10.0 Å². The predicted molar refractivity (Wildman–Crippen MR) is 75.7 cm³/mol. The molecule has 6 heteroatoms. The summed E-state index contributed by atoms with van der Waals surface area (Å²) in [7, 11) is -2.16. The van der Waals surface area contributed by atoms with E-state index in [9.17, 15) is 8.42 Å². The van der Waals surface area contributed by atoms with E-state index in [1.165, 1.54) is 35.9 Å². The number of nitrogens with zero attached hydrogens (tertiary/aromatic N) is 3. The minimum atomic E-state index is -3.65. The zero-order valence-electron chi connectivity index (χ0n) is 11.1. The Labute approximate surface area is 118 Å². The van der Waals surface area contributed by atoms with E-state index in [0.29, 0.717) is 16.8 Å². The van der Waals surface area contributed by atoms with Crippen molar-refractivity contribution in [3.05, 3.63) is 53.9 Å². The first-order valence-electron chi connectivity index (χ1n) is 5.86. The topological polar surface area (TPSA) is 74.1 Å². The molecule has 1 aromatic carbocycles. The van der Waals surface area contributed by atoms with Crippen LogP contribution in [0.15, 0.2) is 47.6 Å². The molecular formula is C14H13N3O2S. The van der Waals surface area contributed by atoms with Crippen molar-refractivity contribution in [2.45, 2.75) is 11.8 Å². The van der Waals surface area contributed by atoms with E-state index in [0.717, 1.165) is 0 Å². The monoisotopic (exact) mass is 287 g/mol. The summed E-state index contributed by atoms with van der Waals surface area (Å²) in [5.41, 5.74) is 1.52. The molecule has 20 heavy (non-hydrogen) atoms. The van der Waals surface area contributed by atoms with E-state index < -0.39 is 10.0 Å². The number of sulfonamides is 1. The van der Waals surface area contributed by atoms with Gasteiger partial charge in [0.1, 0.15) is 0 Å². The van der Waals surface area contributed by atoms with Crippen molar-refractivity contribution in [3.8, 4) is 6.07 Å². The average Bonchev–Trinajstić information content (AvgIpc) is 2.46. The number of hydrogen-bond acceptors (Lipinski definition) is 4. The highest BCUT2D eigenvalue weighted by atomic mass is 32.2. The van der Waals surface area contributed by atoms with Crippen LogP contribution in [-0.4, -0.2) is 20.4 Å². The number of rotatable bonds is 3. The van der Waals surface area contributed by atoms with Crippen LogP contribution >= 0.6 is 0 Å². The Morgan fingerprint density at radius 3 is 2.40 bits per heavy atom. The summed E-state index contributed by atoms with van der Waals surface area (Å²) in [5, 5.41) is 8.83. The van der Waals surface area contributed by atoms with Crippen LogP contribution in [0.2, 0.25) is 0 Å². The third-order valence-corrected chi connectivity index (χ3v) is 4.91. The molecule has 102 valence electrons. The van der Waals surface area contributed by atoms with Crippen LogP contribution in [0, 0.1) is 18.3 Å². The first-order chi connectivity index (χ1) is 9.46. The van der Waals surface area contributed by atoms with Crippen molar-refractivity contribution >= 4 is 15.7 Å². The van der Waals surface area contributed by atoms with Crippen molar-refractivity contribution in [2.24, 2.45) is 0 Å². The van der Waals surface area contributed by atoms with E-state index >= 15 is 0 Å². The van der Waals surface area contributed by atoms with Gasteiger partial charge in [0.05, 0.1) is 22.2 Å². The van der Waals surface area contributed by atoms with Crippen LogP contribution in [0.25, 0.3) is 0 Å². The molecule has 0 unspecified atom stereocenters. The van der Waals surface area contributed by atoms with Crippen molar-refractivity contribution in [1.29, 1.82) is 5.26 Å². The standard InChI is InChI=1S/C14H13N3O2S/c1-11-9-12(10-15)3-4-14(11)20(18,19)17(2)13-5-7-16-8-6-13/h3-9H,1-2H3. The van der Waals surface area contributed by atoms with Crippen molar-refractivity contribution < 1.29 is 8.42 Å². The highest BCUT2D eigenvalue weighted by Crippen LogP contribution is 2.24. The fourth-order valence-electron chi connectivity index (χ4n) is 1.85. The maximum atomic E-state index is 12.6. The van der Waals surface area contributed by atoms with E-state index in [4.69, 9.17) is 5.26 Å². The molecule has 1 heterocycles. The summed E-state index contributed by atoms with van der Waals surface area (Å²) in [6, 6.07) is 9.76. The lowest BCUT2D eigenvalue weighted by Crippen LogP contribution is -2.27. The lowest BCUT2D eigenvalue weighted by molar-refractivity contribution is 0.594. The minimum absolute atomic E-state index is 0.191. The summed E-state index contributed by atoms with van der Waals surface area (Å²) in [5.74, 6) is 0. The van der Waals surface area contributed by atoms with Gasteiger partial charge >= 0.3 is 0 Å². The second kappa shape index (κ2) is 5.31. The molecule has 0 aliphatic rings. The first kappa shape index (κ1) is 14.0. The van der Waals surface area contributed by atoms with Crippen LogP contribution in [0.5, 0.6) is 0 Å². The molecule has 0 aliphatic carbocycles. The van der Waals surface area contributed by atoms with E-state index in [-0.39, 0.29) is 4.90 Å². The minimum Gasteiger partial charge on any atom is -0.269 e. The summed E-state index contributed by atoms with van der Waals surface area (Å²) in [6.07, 6.45) is 3.07. The molecule has 0 fully saturated rings. The zero-order chi connectivity index (χ0) is 14.8. The molecular weight excluding hydrogens is 274 g/mol. The molecule has 1 aromatic heterocycles. The highest BCUT2D eigenvalue weighted by Gasteiger charge is 2.23. The Balaban J connectivity index is 2.49. The molecule has 0 atom stereocenters. The van der Waals surface area contributed by atoms with Crippen LogP contribution in [0.3, 0.4) is 0 Å². The fourth-order valence-corrected chi connectivity index (χ4v) is 3.25. The van der Waals surface area contributed by atoms with Crippen LogP contribution in [0.1, 0.15) is 11.1 Å². The molecule has 5 nitrogen and oxygen atoms in total. The number of anilines is 1. The third-order valence-electron chi connectivity index (χ3n) is 2.97. The molecule has 0 radical (unpaired) electrons. The SMILES string of the molecule is Cc1cc(C#N)ccc1S(=O)(=O)N(C)c1ccncc1. The maximum Gasteiger partial charge on any atom is 0.264 e. The fraction of sp³-hybridized carbons (Fsp3) is 0.143. The largest absolute Gasteiger partial charge is 0.269 e. The summed E-state index contributed by atoms with van der Waals surface area (Å²) in [6.45, 7) is 1.67. The van der Waals surface area contributed by atoms with Gasteiger partial charge in [-0.1, -0.05) is 0 Å². The van der Waals surface area contributed by atoms with E-state index in [2.05, 4.69) is 4.98 Å². The highest BCUT2D eigenvalue weighted by molar-refractivity contribution is 7.92. The molecule has 0 spiro atoms. The lowest BCUT2D eigenvalue weighted by atomic mass is 10.2. The van der Waals surface area contributed by atoms with Gasteiger partial charge in [-0.2, -0.15) is 5.26 Å². The molecule has 0 saturated carbocycles. The molecule has 0 bridgehead atoms. The second-order valence-electron chi connectivity index (χ2n) is 4.27. The van der Waals surface area contributed by atoms with Gasteiger partial charge in [0.2, 0.25) is 0 Å². The zero-order valence-corrected chi connectivity index (χ0v) is 11.9. The van der Waals surface area contributed by atoms with E-state index in [1.807, 2.05) is 6.07 Å². The average molecular weight is 287 g/mol. The van der Waals surface area contributed by atoms with Crippen molar-refractivity contribution in [3.63, 3.8) is 0 Å². The third kappa shape index (κ3) is 2.49. The van der Waals surface area contributed by atoms with Gasteiger partial charge in [-0.3, -0.25) is 9.29 Å².